The van der Waals surface area contributed by atoms with Gasteiger partial charge >= 0.3 is 0 Å². The van der Waals surface area contributed by atoms with E-state index < -0.39 is 17.6 Å². The lowest BCUT2D eigenvalue weighted by atomic mass is 9.81. The molecule has 18 heavy (non-hydrogen) atoms. The number of ether oxygens (including phenoxy) is 1. The predicted octanol–water partition coefficient (Wildman–Crippen LogP) is -0.639. The number of nitrogens with two attached hydrogens (primary N) is 2. The number of rotatable bonds is 2. The molecule has 1 aliphatic carbocycles. The van der Waals surface area contributed by atoms with Gasteiger partial charge in [0.1, 0.15) is 0 Å². The molecule has 2 fully saturated rings. The molecule has 0 bridgehead atoms. The summed E-state index contributed by atoms with van der Waals surface area (Å²) in [5.74, 6) is -0.584. The van der Waals surface area contributed by atoms with Crippen molar-refractivity contribution in [2.24, 2.45) is 11.5 Å². The maximum absolute atomic E-state index is 12.4. The highest BCUT2D eigenvalue weighted by Crippen LogP contribution is 2.28. The largest absolute Gasteiger partial charge is 0.367 e. The summed E-state index contributed by atoms with van der Waals surface area (Å²) in [6.45, 7) is 1.06. The third kappa shape index (κ3) is 2.64. The monoisotopic (exact) mass is 255 g/mol. The van der Waals surface area contributed by atoms with E-state index in [0.29, 0.717) is 13.2 Å². The predicted molar refractivity (Wildman–Crippen MR) is 65.5 cm³/mol. The lowest BCUT2D eigenvalue weighted by molar-refractivity contribution is -0.150. The first kappa shape index (κ1) is 13.3. The van der Waals surface area contributed by atoms with Crippen LogP contribution in [0.5, 0.6) is 0 Å². The van der Waals surface area contributed by atoms with Crippen LogP contribution >= 0.6 is 0 Å². The smallest absolute Gasteiger partial charge is 0.248 e. The van der Waals surface area contributed by atoms with Gasteiger partial charge < -0.3 is 21.1 Å². The van der Waals surface area contributed by atoms with E-state index in [-0.39, 0.29) is 12.5 Å². The number of hydrogen-bond donors (Lipinski definition) is 2. The van der Waals surface area contributed by atoms with Crippen LogP contribution in [0.4, 0.5) is 0 Å². The van der Waals surface area contributed by atoms with Crippen LogP contribution in [0.15, 0.2) is 0 Å². The minimum atomic E-state index is -0.752. The zero-order chi connectivity index (χ0) is 13.2. The van der Waals surface area contributed by atoms with E-state index in [4.69, 9.17) is 16.2 Å². The first-order valence-electron chi connectivity index (χ1n) is 6.52. The summed E-state index contributed by atoms with van der Waals surface area (Å²) in [5, 5.41) is 0. The maximum atomic E-state index is 12.4. The lowest BCUT2D eigenvalue weighted by Crippen LogP contribution is -2.60. The molecule has 2 rings (SSSR count). The zero-order valence-corrected chi connectivity index (χ0v) is 10.6. The Bertz CT molecular complexity index is 339. The van der Waals surface area contributed by atoms with Crippen LogP contribution in [0.2, 0.25) is 0 Å². The summed E-state index contributed by atoms with van der Waals surface area (Å²) in [5.41, 5.74) is 10.7. The maximum Gasteiger partial charge on any atom is 0.248 e. The van der Waals surface area contributed by atoms with Gasteiger partial charge in [-0.2, -0.15) is 0 Å². The number of amides is 2. The Hall–Kier alpha value is -1.14. The summed E-state index contributed by atoms with van der Waals surface area (Å²) in [7, 11) is 0. The topological polar surface area (TPSA) is 98.7 Å². The van der Waals surface area contributed by atoms with E-state index in [1.165, 1.54) is 0 Å². The van der Waals surface area contributed by atoms with Crippen molar-refractivity contribution in [3.05, 3.63) is 0 Å². The summed E-state index contributed by atoms with van der Waals surface area (Å²) in [6.07, 6.45) is 3.88. The molecule has 2 aliphatic rings. The van der Waals surface area contributed by atoms with Gasteiger partial charge in [-0.1, -0.05) is 19.3 Å². The quantitative estimate of drug-likeness (QED) is 0.685. The van der Waals surface area contributed by atoms with E-state index in [0.717, 1.165) is 32.1 Å². The first-order valence-corrected chi connectivity index (χ1v) is 6.52. The van der Waals surface area contributed by atoms with E-state index in [2.05, 4.69) is 0 Å². The molecule has 0 spiro atoms. The number of morpholine rings is 1. The van der Waals surface area contributed by atoms with Crippen molar-refractivity contribution in [2.75, 3.05) is 19.7 Å². The van der Waals surface area contributed by atoms with E-state index >= 15 is 0 Å². The van der Waals surface area contributed by atoms with Gasteiger partial charge in [-0.25, -0.2) is 0 Å². The first-order chi connectivity index (χ1) is 8.53. The second-order valence-corrected chi connectivity index (χ2v) is 5.23. The third-order valence-corrected chi connectivity index (χ3v) is 3.84. The zero-order valence-electron chi connectivity index (χ0n) is 10.6. The molecule has 0 aromatic rings. The van der Waals surface area contributed by atoms with Gasteiger partial charge in [0, 0.05) is 6.54 Å². The molecule has 2 amide bonds. The fraction of sp³-hybridized carbons (Fsp3) is 0.833. The van der Waals surface area contributed by atoms with Crippen molar-refractivity contribution in [2.45, 2.75) is 43.7 Å². The van der Waals surface area contributed by atoms with Crippen molar-refractivity contribution in [3.63, 3.8) is 0 Å². The van der Waals surface area contributed by atoms with Gasteiger partial charge in [0.2, 0.25) is 11.8 Å². The highest BCUT2D eigenvalue weighted by Gasteiger charge is 2.40. The Morgan fingerprint density at radius 1 is 1.22 bits per heavy atom. The fourth-order valence-corrected chi connectivity index (χ4v) is 2.72. The van der Waals surface area contributed by atoms with Crippen molar-refractivity contribution in [1.29, 1.82) is 0 Å². The molecule has 1 atom stereocenters. The van der Waals surface area contributed by atoms with Gasteiger partial charge in [-0.15, -0.1) is 0 Å². The van der Waals surface area contributed by atoms with Gasteiger partial charge in [0.05, 0.1) is 18.7 Å². The number of primary amides is 1. The van der Waals surface area contributed by atoms with Crippen LogP contribution in [0.25, 0.3) is 0 Å². The SMILES string of the molecule is NC(=O)[C@H]1CN(C(=O)C2(N)CCCCC2)CCO1. The number of carbonyl (C=O) groups is 2. The molecule has 1 aliphatic heterocycles. The standard InChI is InChI=1S/C12H21N3O3/c13-10(16)9-8-15(6-7-18-9)11(17)12(14)4-2-1-3-5-12/h9H,1-8,14H2,(H2,13,16)/t9-/m1/s1. The van der Waals surface area contributed by atoms with Gasteiger partial charge in [0.25, 0.3) is 0 Å². The Kier molecular flexibility index (Phi) is 3.87. The molecule has 102 valence electrons. The molecule has 4 N–H and O–H groups in total. The molecule has 6 heteroatoms. The molecule has 1 heterocycles. The van der Waals surface area contributed by atoms with E-state index in [1.54, 1.807) is 4.90 Å². The van der Waals surface area contributed by atoms with E-state index in [9.17, 15) is 9.59 Å². The molecule has 0 unspecified atom stereocenters. The van der Waals surface area contributed by atoms with Crippen LogP contribution in [0, 0.1) is 0 Å². The highest BCUT2D eigenvalue weighted by atomic mass is 16.5. The van der Waals surface area contributed by atoms with Crippen molar-refractivity contribution >= 4 is 11.8 Å². The van der Waals surface area contributed by atoms with Crippen molar-refractivity contribution < 1.29 is 14.3 Å². The highest BCUT2D eigenvalue weighted by molar-refractivity contribution is 5.87. The molecule has 0 aromatic carbocycles. The lowest BCUT2D eigenvalue weighted by Gasteiger charge is -2.39. The number of hydrogen-bond acceptors (Lipinski definition) is 4. The minimum Gasteiger partial charge on any atom is -0.367 e. The number of nitrogens with zero attached hydrogens (tertiary/aromatic N) is 1. The molecule has 1 saturated carbocycles. The minimum absolute atomic E-state index is 0.0586. The second kappa shape index (κ2) is 5.24. The second-order valence-electron chi connectivity index (χ2n) is 5.23. The van der Waals surface area contributed by atoms with Crippen molar-refractivity contribution in [1.82, 2.24) is 4.90 Å². The summed E-state index contributed by atoms with van der Waals surface area (Å²) in [4.78, 5) is 25.2. The van der Waals surface area contributed by atoms with Gasteiger partial charge in [-0.3, -0.25) is 9.59 Å². The Morgan fingerprint density at radius 2 is 1.89 bits per heavy atom. The van der Waals surface area contributed by atoms with Crippen molar-refractivity contribution in [3.8, 4) is 0 Å². The molecular formula is C12H21N3O3. The molecule has 6 nitrogen and oxygen atoms in total. The number of carbonyl (C=O) groups excluding carboxylic acids is 2. The summed E-state index contributed by atoms with van der Waals surface area (Å²) < 4.78 is 5.23. The molecule has 0 radical (unpaired) electrons. The Morgan fingerprint density at radius 3 is 2.50 bits per heavy atom. The molecule has 0 aromatic heterocycles. The summed E-state index contributed by atoms with van der Waals surface area (Å²) >= 11 is 0. The summed E-state index contributed by atoms with van der Waals surface area (Å²) in [6, 6.07) is 0. The van der Waals surface area contributed by atoms with Crippen LogP contribution in [0.1, 0.15) is 32.1 Å². The van der Waals surface area contributed by atoms with E-state index in [1.807, 2.05) is 0 Å². The Labute approximate surface area is 107 Å². The van der Waals surface area contributed by atoms with Crippen LogP contribution < -0.4 is 11.5 Å². The van der Waals surface area contributed by atoms with Crippen LogP contribution in [-0.4, -0.2) is 48.1 Å². The third-order valence-electron chi connectivity index (χ3n) is 3.84. The average Bonchev–Trinajstić information content (AvgIpc) is 2.39. The van der Waals surface area contributed by atoms with Crippen LogP contribution in [0.3, 0.4) is 0 Å². The fourth-order valence-electron chi connectivity index (χ4n) is 2.72. The molecule has 1 saturated heterocycles. The average molecular weight is 255 g/mol. The Balaban J connectivity index is 2.01. The van der Waals surface area contributed by atoms with Gasteiger partial charge in [0.15, 0.2) is 6.10 Å². The van der Waals surface area contributed by atoms with Gasteiger partial charge in [-0.05, 0) is 12.8 Å². The normalized spacial score (nSPS) is 27.8. The molecular weight excluding hydrogens is 234 g/mol. The van der Waals surface area contributed by atoms with Crippen LogP contribution in [-0.2, 0) is 14.3 Å².